The van der Waals surface area contributed by atoms with Crippen LogP contribution in [0.3, 0.4) is 0 Å². The number of nitrogens with two attached hydrogens (primary N) is 1. The van der Waals surface area contributed by atoms with Crippen LogP contribution in [0.2, 0.25) is 0 Å². The van der Waals surface area contributed by atoms with Gasteiger partial charge in [0.15, 0.2) is 0 Å². The minimum Gasteiger partial charge on any atom is -0.403 e. The molecule has 11 heavy (non-hydrogen) atoms. The zero-order chi connectivity index (χ0) is 8.10. The molecule has 0 unspecified atom stereocenters. The summed E-state index contributed by atoms with van der Waals surface area (Å²) in [6, 6.07) is 8.12. The average molecular weight is 148 g/mol. The molecule has 0 bridgehead atoms. The van der Waals surface area contributed by atoms with Crippen LogP contribution in [0.5, 0.6) is 0 Å². The Bertz CT molecular complexity index is 236. The van der Waals surface area contributed by atoms with Crippen LogP contribution >= 0.6 is 0 Å². The topological polar surface area (TPSA) is 38.0 Å². The number of hydrogen-bond donors (Lipinski definition) is 2. The lowest BCUT2D eigenvalue weighted by atomic mass is 10.2. The van der Waals surface area contributed by atoms with Gasteiger partial charge in [0.05, 0.1) is 0 Å². The third-order valence-electron chi connectivity index (χ3n) is 1.40. The fraction of sp³-hybridized carbons (Fsp3) is 0.111. The van der Waals surface area contributed by atoms with Crippen molar-refractivity contribution in [3.05, 3.63) is 42.2 Å². The number of aryl methyl sites for hydroxylation is 1. The van der Waals surface area contributed by atoms with Crippen LogP contribution in [0.4, 0.5) is 5.69 Å². The minimum absolute atomic E-state index is 1.05. The highest BCUT2D eigenvalue weighted by molar-refractivity contribution is 5.46. The van der Waals surface area contributed by atoms with E-state index in [-0.39, 0.29) is 0 Å². The van der Waals surface area contributed by atoms with Gasteiger partial charge >= 0.3 is 0 Å². The lowest BCUT2D eigenvalue weighted by Crippen LogP contribution is -1.89. The summed E-state index contributed by atoms with van der Waals surface area (Å²) in [7, 11) is 0. The Hall–Kier alpha value is -1.44. The highest BCUT2D eigenvalue weighted by Gasteiger charge is 1.85. The Labute approximate surface area is 66.7 Å². The average Bonchev–Trinajstić information content (AvgIpc) is 2.04. The molecular weight excluding hydrogens is 136 g/mol. The Kier molecular flexibility index (Phi) is 2.55. The molecule has 0 radical (unpaired) electrons. The fourth-order valence-electron chi connectivity index (χ4n) is 0.794. The number of anilines is 1. The molecule has 0 aromatic heterocycles. The van der Waals surface area contributed by atoms with Crippen LogP contribution in [0, 0.1) is 6.92 Å². The Morgan fingerprint density at radius 2 is 1.91 bits per heavy atom. The molecule has 2 nitrogen and oxygen atoms in total. The second-order valence-electron chi connectivity index (χ2n) is 2.37. The third-order valence-corrected chi connectivity index (χ3v) is 1.40. The molecular formula is C9H12N2. The first-order valence-electron chi connectivity index (χ1n) is 3.53. The third kappa shape index (κ3) is 2.34. The van der Waals surface area contributed by atoms with Crippen molar-refractivity contribution in [2.75, 3.05) is 5.32 Å². The molecule has 0 spiro atoms. The molecule has 0 amide bonds. The Balaban J connectivity index is 2.66. The summed E-state index contributed by atoms with van der Waals surface area (Å²) in [6.45, 7) is 2.06. The monoisotopic (exact) mass is 148 g/mol. The van der Waals surface area contributed by atoms with Gasteiger partial charge in [0.25, 0.3) is 0 Å². The first-order valence-corrected chi connectivity index (χ1v) is 3.53. The van der Waals surface area contributed by atoms with Crippen molar-refractivity contribution in [2.45, 2.75) is 6.92 Å². The van der Waals surface area contributed by atoms with E-state index in [0.29, 0.717) is 0 Å². The van der Waals surface area contributed by atoms with E-state index < -0.39 is 0 Å². The highest BCUT2D eigenvalue weighted by atomic mass is 14.8. The maximum Gasteiger partial charge on any atom is 0.0380 e. The molecule has 2 heteroatoms. The van der Waals surface area contributed by atoms with Gasteiger partial charge in [0.2, 0.25) is 0 Å². The molecule has 0 heterocycles. The molecule has 1 aromatic carbocycles. The molecule has 0 saturated carbocycles. The van der Waals surface area contributed by atoms with E-state index in [4.69, 9.17) is 5.73 Å². The van der Waals surface area contributed by atoms with Crippen LogP contribution in [-0.4, -0.2) is 0 Å². The smallest absolute Gasteiger partial charge is 0.0380 e. The summed E-state index contributed by atoms with van der Waals surface area (Å²) < 4.78 is 0. The van der Waals surface area contributed by atoms with Gasteiger partial charge in [-0.25, -0.2) is 0 Å². The van der Waals surface area contributed by atoms with Crippen molar-refractivity contribution in [1.29, 1.82) is 0 Å². The second kappa shape index (κ2) is 3.66. The fourth-order valence-corrected chi connectivity index (χ4v) is 0.794. The van der Waals surface area contributed by atoms with Crippen molar-refractivity contribution >= 4 is 5.69 Å². The van der Waals surface area contributed by atoms with Crippen molar-refractivity contribution < 1.29 is 0 Å². The number of nitrogens with one attached hydrogen (secondary N) is 1. The van der Waals surface area contributed by atoms with Crippen LogP contribution in [0.25, 0.3) is 0 Å². The van der Waals surface area contributed by atoms with Crippen LogP contribution < -0.4 is 11.1 Å². The molecule has 1 aromatic rings. The molecule has 0 fully saturated rings. The zero-order valence-electron chi connectivity index (χ0n) is 6.54. The predicted molar refractivity (Wildman–Crippen MR) is 48.1 cm³/mol. The van der Waals surface area contributed by atoms with Gasteiger partial charge in [-0.3, -0.25) is 0 Å². The minimum atomic E-state index is 1.05. The maximum atomic E-state index is 5.16. The molecule has 58 valence electrons. The van der Waals surface area contributed by atoms with Crippen LogP contribution in [0.15, 0.2) is 36.7 Å². The summed E-state index contributed by atoms with van der Waals surface area (Å²) in [5.41, 5.74) is 7.47. The largest absolute Gasteiger partial charge is 0.403 e. The maximum absolute atomic E-state index is 5.16. The summed E-state index contributed by atoms with van der Waals surface area (Å²) >= 11 is 0. The van der Waals surface area contributed by atoms with Gasteiger partial charge in [0, 0.05) is 18.1 Å². The Morgan fingerprint density at radius 3 is 2.45 bits per heavy atom. The van der Waals surface area contributed by atoms with E-state index in [1.165, 1.54) is 11.8 Å². The Morgan fingerprint density at radius 1 is 1.27 bits per heavy atom. The number of rotatable bonds is 2. The molecule has 0 aliphatic carbocycles. The van der Waals surface area contributed by atoms with Crippen LogP contribution in [0.1, 0.15) is 5.56 Å². The lowest BCUT2D eigenvalue weighted by Gasteiger charge is -1.99. The quantitative estimate of drug-likeness (QED) is 0.671. The summed E-state index contributed by atoms with van der Waals surface area (Å²) in [4.78, 5) is 0. The van der Waals surface area contributed by atoms with Gasteiger partial charge in [-0.1, -0.05) is 17.7 Å². The first-order chi connectivity index (χ1) is 5.33. The van der Waals surface area contributed by atoms with Gasteiger partial charge < -0.3 is 11.1 Å². The van der Waals surface area contributed by atoms with E-state index in [9.17, 15) is 0 Å². The SMILES string of the molecule is Cc1ccc(N/C=C/N)cc1. The first kappa shape index (κ1) is 7.66. The zero-order valence-corrected chi connectivity index (χ0v) is 6.54. The molecule has 3 N–H and O–H groups in total. The van der Waals surface area contributed by atoms with Crippen molar-refractivity contribution in [2.24, 2.45) is 5.73 Å². The van der Waals surface area contributed by atoms with Crippen molar-refractivity contribution in [3.63, 3.8) is 0 Å². The lowest BCUT2D eigenvalue weighted by molar-refractivity contribution is 1.45. The molecule has 1 rings (SSSR count). The molecule has 0 saturated heterocycles. The number of benzene rings is 1. The van der Waals surface area contributed by atoms with E-state index in [2.05, 4.69) is 12.2 Å². The number of hydrogen-bond acceptors (Lipinski definition) is 2. The standard InChI is InChI=1S/C9H12N2/c1-8-2-4-9(5-3-8)11-7-6-10/h2-7,11H,10H2,1H3/b7-6+. The van der Waals surface area contributed by atoms with E-state index in [1.807, 2.05) is 24.3 Å². The molecule has 0 atom stereocenters. The van der Waals surface area contributed by atoms with E-state index >= 15 is 0 Å². The van der Waals surface area contributed by atoms with Crippen molar-refractivity contribution in [1.82, 2.24) is 0 Å². The van der Waals surface area contributed by atoms with Gasteiger partial charge in [-0.2, -0.15) is 0 Å². The van der Waals surface area contributed by atoms with E-state index in [0.717, 1.165) is 5.69 Å². The van der Waals surface area contributed by atoms with Crippen molar-refractivity contribution in [3.8, 4) is 0 Å². The van der Waals surface area contributed by atoms with Gasteiger partial charge in [-0.05, 0) is 19.1 Å². The summed E-state index contributed by atoms with van der Waals surface area (Å²) in [5.74, 6) is 0. The molecule has 0 aliphatic rings. The summed E-state index contributed by atoms with van der Waals surface area (Å²) in [5, 5.41) is 3.02. The highest BCUT2D eigenvalue weighted by Crippen LogP contribution is 2.07. The van der Waals surface area contributed by atoms with Gasteiger partial charge in [-0.15, -0.1) is 0 Å². The predicted octanol–water partition coefficient (Wildman–Crippen LogP) is 1.84. The molecule has 0 aliphatic heterocycles. The van der Waals surface area contributed by atoms with Crippen LogP contribution in [-0.2, 0) is 0 Å². The van der Waals surface area contributed by atoms with E-state index in [1.54, 1.807) is 6.20 Å². The second-order valence-corrected chi connectivity index (χ2v) is 2.37. The van der Waals surface area contributed by atoms with Gasteiger partial charge in [0.1, 0.15) is 0 Å². The summed E-state index contributed by atoms with van der Waals surface area (Å²) in [6.07, 6.45) is 3.17. The normalized spacial score (nSPS) is 10.3.